The Kier molecular flexibility index (Phi) is 6.75. The van der Waals surface area contributed by atoms with Crippen LogP contribution in [-0.4, -0.2) is 41.3 Å². The van der Waals surface area contributed by atoms with Crippen LogP contribution in [0.1, 0.15) is 53.5 Å². The Balaban J connectivity index is 1.80. The molecule has 1 aromatic carbocycles. The van der Waals surface area contributed by atoms with Gasteiger partial charge in [0.1, 0.15) is 23.0 Å². The van der Waals surface area contributed by atoms with Gasteiger partial charge in [0.25, 0.3) is 0 Å². The van der Waals surface area contributed by atoms with Crippen LogP contribution in [0.4, 0.5) is 4.79 Å². The van der Waals surface area contributed by atoms with Gasteiger partial charge in [-0.25, -0.2) is 4.79 Å². The minimum atomic E-state index is -0.573. The van der Waals surface area contributed by atoms with Gasteiger partial charge in [0, 0.05) is 18.5 Å². The molecule has 1 saturated heterocycles. The van der Waals surface area contributed by atoms with E-state index in [1.54, 1.807) is 11.2 Å². The number of carbonyl (C=O) groups is 2. The van der Waals surface area contributed by atoms with E-state index in [9.17, 15) is 9.59 Å². The zero-order chi connectivity index (χ0) is 23.0. The molecule has 0 aliphatic carbocycles. The second kappa shape index (κ2) is 8.85. The van der Waals surface area contributed by atoms with Crippen molar-refractivity contribution in [3.63, 3.8) is 0 Å². The maximum absolute atomic E-state index is 13.2. The highest BCUT2D eigenvalue weighted by molar-refractivity contribution is 9.10. The third kappa shape index (κ3) is 6.25. The maximum atomic E-state index is 13.2. The molecule has 6 nitrogen and oxygen atoms in total. The van der Waals surface area contributed by atoms with E-state index in [-0.39, 0.29) is 23.9 Å². The molecule has 0 N–H and O–H groups in total. The lowest BCUT2D eigenvalue weighted by atomic mass is 9.85. The summed E-state index contributed by atoms with van der Waals surface area (Å²) in [5.74, 6) is -0.574. The monoisotopic (exact) mass is 493 g/mol. The summed E-state index contributed by atoms with van der Waals surface area (Å²) in [5, 5.41) is 0.974. The van der Waals surface area contributed by atoms with Crippen LogP contribution < -0.4 is 0 Å². The van der Waals surface area contributed by atoms with E-state index < -0.39 is 11.2 Å². The highest BCUT2D eigenvalue weighted by Gasteiger charge is 2.39. The Labute approximate surface area is 192 Å². The quantitative estimate of drug-likeness (QED) is 0.491. The van der Waals surface area contributed by atoms with Crippen LogP contribution in [0, 0.1) is 11.8 Å². The number of hydrogen-bond acceptors (Lipinski definition) is 5. The van der Waals surface area contributed by atoms with Gasteiger partial charge < -0.3 is 18.8 Å². The maximum Gasteiger partial charge on any atom is 0.410 e. The Morgan fingerprint density at radius 2 is 1.84 bits per heavy atom. The molecule has 1 aliphatic rings. The van der Waals surface area contributed by atoms with Crippen molar-refractivity contribution in [2.45, 2.75) is 65.6 Å². The summed E-state index contributed by atoms with van der Waals surface area (Å²) in [4.78, 5) is 27.4. The second-order valence-corrected chi connectivity index (χ2v) is 11.1. The molecule has 0 spiro atoms. The first kappa shape index (κ1) is 23.6. The van der Waals surface area contributed by atoms with Crippen molar-refractivity contribution >= 4 is 39.0 Å². The molecule has 0 bridgehead atoms. The van der Waals surface area contributed by atoms with E-state index in [4.69, 9.17) is 13.9 Å². The fraction of sp³-hybridized carbons (Fsp3) is 0.583. The molecule has 2 atom stereocenters. The molecule has 2 heterocycles. The summed E-state index contributed by atoms with van der Waals surface area (Å²) in [5.41, 5.74) is 0.700. The van der Waals surface area contributed by atoms with Crippen LogP contribution in [-0.2, 0) is 20.7 Å². The number of nitrogens with zero attached hydrogens (tertiary/aromatic N) is 1. The van der Waals surface area contributed by atoms with Crippen molar-refractivity contribution in [2.75, 3.05) is 13.1 Å². The Bertz CT molecular complexity index is 953. The standard InChI is InChI=1S/C24H32BrNO5/c1-23(2,3)30-21(27)17(11-15-7-8-20-18(12-15)19(25)14-29-20)16-9-10-26(13-16)22(28)31-24(4,5)6/h7-8,12,14,16-17H,9-11,13H2,1-6H3/t16-,17-/m0/s1. The molecule has 1 fully saturated rings. The highest BCUT2D eigenvalue weighted by Crippen LogP contribution is 2.33. The van der Waals surface area contributed by atoms with Gasteiger partial charge in [-0.15, -0.1) is 0 Å². The molecule has 1 aliphatic heterocycles. The molecule has 2 aromatic rings. The largest absolute Gasteiger partial charge is 0.463 e. The number of ether oxygens (including phenoxy) is 2. The van der Waals surface area contributed by atoms with Gasteiger partial charge in [0.15, 0.2) is 0 Å². The van der Waals surface area contributed by atoms with Gasteiger partial charge in [-0.2, -0.15) is 0 Å². The number of rotatable bonds is 4. The van der Waals surface area contributed by atoms with E-state index in [0.29, 0.717) is 19.5 Å². The van der Waals surface area contributed by atoms with Gasteiger partial charge in [-0.05, 0) is 93.9 Å². The average molecular weight is 494 g/mol. The van der Waals surface area contributed by atoms with Crippen molar-refractivity contribution in [2.24, 2.45) is 11.8 Å². The summed E-state index contributed by atoms with van der Waals surface area (Å²) < 4.78 is 17.7. The number of benzene rings is 1. The number of hydrogen-bond donors (Lipinski definition) is 0. The number of likely N-dealkylation sites (tertiary alicyclic amines) is 1. The van der Waals surface area contributed by atoms with Gasteiger partial charge in [-0.3, -0.25) is 4.79 Å². The van der Waals surface area contributed by atoms with Crippen molar-refractivity contribution in [3.05, 3.63) is 34.5 Å². The van der Waals surface area contributed by atoms with Crippen LogP contribution in [0.2, 0.25) is 0 Å². The van der Waals surface area contributed by atoms with Gasteiger partial charge in [-0.1, -0.05) is 6.07 Å². The van der Waals surface area contributed by atoms with Crippen LogP contribution in [0.5, 0.6) is 0 Å². The number of amides is 1. The van der Waals surface area contributed by atoms with Crippen molar-refractivity contribution in [1.29, 1.82) is 0 Å². The molecule has 170 valence electrons. The SMILES string of the molecule is CC(C)(C)OC(=O)[C@@H](Cc1ccc2occ(Br)c2c1)[C@H]1CCN(C(=O)OC(C)(C)C)C1. The first-order valence-corrected chi connectivity index (χ1v) is 11.5. The van der Waals surface area contributed by atoms with Crippen molar-refractivity contribution in [3.8, 4) is 0 Å². The highest BCUT2D eigenvalue weighted by atomic mass is 79.9. The molecule has 31 heavy (non-hydrogen) atoms. The van der Waals surface area contributed by atoms with Gasteiger partial charge in [0.2, 0.25) is 0 Å². The lowest BCUT2D eigenvalue weighted by Crippen LogP contribution is -2.38. The lowest BCUT2D eigenvalue weighted by Gasteiger charge is -2.28. The van der Waals surface area contributed by atoms with E-state index in [0.717, 1.165) is 27.4 Å². The summed E-state index contributed by atoms with van der Waals surface area (Å²) in [6, 6.07) is 5.94. The third-order valence-electron chi connectivity index (χ3n) is 5.20. The van der Waals surface area contributed by atoms with Gasteiger partial charge >= 0.3 is 12.1 Å². The number of carbonyl (C=O) groups excluding carboxylic acids is 2. The van der Waals surface area contributed by atoms with Crippen LogP contribution in [0.25, 0.3) is 11.0 Å². The molecule has 7 heteroatoms. The van der Waals surface area contributed by atoms with Crippen LogP contribution in [0.15, 0.2) is 33.4 Å². The minimum Gasteiger partial charge on any atom is -0.463 e. The zero-order valence-electron chi connectivity index (χ0n) is 19.2. The minimum absolute atomic E-state index is 0.00542. The number of fused-ring (bicyclic) bond motifs is 1. The fourth-order valence-corrected chi connectivity index (χ4v) is 4.26. The smallest absolute Gasteiger partial charge is 0.410 e. The fourth-order valence-electron chi connectivity index (χ4n) is 3.85. The van der Waals surface area contributed by atoms with E-state index >= 15 is 0 Å². The molecule has 0 radical (unpaired) electrons. The summed E-state index contributed by atoms with van der Waals surface area (Å²) >= 11 is 3.51. The summed E-state index contributed by atoms with van der Waals surface area (Å²) in [6.45, 7) is 12.2. The van der Waals surface area contributed by atoms with E-state index in [1.165, 1.54) is 0 Å². The average Bonchev–Trinajstić information content (AvgIpc) is 3.24. The zero-order valence-corrected chi connectivity index (χ0v) is 20.7. The number of halogens is 1. The predicted molar refractivity (Wildman–Crippen MR) is 123 cm³/mol. The Morgan fingerprint density at radius 1 is 1.16 bits per heavy atom. The molecule has 3 rings (SSSR count). The van der Waals surface area contributed by atoms with E-state index in [2.05, 4.69) is 15.9 Å². The van der Waals surface area contributed by atoms with Crippen molar-refractivity contribution < 1.29 is 23.5 Å². The molecule has 0 unspecified atom stereocenters. The molecular formula is C24H32BrNO5. The topological polar surface area (TPSA) is 69.0 Å². The molecule has 1 aromatic heterocycles. The van der Waals surface area contributed by atoms with Crippen molar-refractivity contribution in [1.82, 2.24) is 4.90 Å². The third-order valence-corrected chi connectivity index (χ3v) is 5.82. The first-order chi connectivity index (χ1) is 14.3. The van der Waals surface area contributed by atoms with E-state index in [1.807, 2.05) is 59.7 Å². The van der Waals surface area contributed by atoms with Crippen LogP contribution in [0.3, 0.4) is 0 Å². The Hall–Kier alpha value is -2.02. The summed E-state index contributed by atoms with van der Waals surface area (Å²) in [7, 11) is 0. The molecule has 0 saturated carbocycles. The lowest BCUT2D eigenvalue weighted by molar-refractivity contribution is -0.161. The predicted octanol–water partition coefficient (Wildman–Crippen LogP) is 5.95. The van der Waals surface area contributed by atoms with Gasteiger partial charge in [0.05, 0.1) is 10.4 Å². The number of esters is 1. The first-order valence-electron chi connectivity index (χ1n) is 10.7. The molecular weight excluding hydrogens is 462 g/mol. The molecule has 1 amide bonds. The number of furan rings is 1. The van der Waals surface area contributed by atoms with Crippen LogP contribution >= 0.6 is 15.9 Å². The summed E-state index contributed by atoms with van der Waals surface area (Å²) in [6.07, 6.45) is 2.60. The Morgan fingerprint density at radius 3 is 2.48 bits per heavy atom. The normalized spacial score (nSPS) is 18.3. The second-order valence-electron chi connectivity index (χ2n) is 10.2.